The van der Waals surface area contributed by atoms with Crippen LogP contribution in [0.4, 0.5) is 0 Å². The fourth-order valence-corrected chi connectivity index (χ4v) is 5.77. The number of tetrazole rings is 1. The van der Waals surface area contributed by atoms with Crippen LogP contribution in [0.15, 0.2) is 77.7 Å². The van der Waals surface area contributed by atoms with E-state index in [1.165, 1.54) is 6.07 Å². The zero-order valence-corrected chi connectivity index (χ0v) is 21.6. The molecule has 0 saturated heterocycles. The Balaban J connectivity index is 1.49. The van der Waals surface area contributed by atoms with Crippen LogP contribution in [-0.2, 0) is 27.8 Å². The molecule has 11 heteroatoms. The van der Waals surface area contributed by atoms with Crippen LogP contribution < -0.4 is 4.72 Å². The van der Waals surface area contributed by atoms with Crippen molar-refractivity contribution in [3.63, 3.8) is 0 Å². The molecule has 0 aliphatic rings. The van der Waals surface area contributed by atoms with Gasteiger partial charge < -0.3 is 0 Å². The Labute approximate surface area is 219 Å². The van der Waals surface area contributed by atoms with Crippen molar-refractivity contribution in [1.82, 2.24) is 24.9 Å². The molecule has 0 bridgehead atoms. The maximum absolute atomic E-state index is 13.3. The minimum atomic E-state index is -4.00. The zero-order chi connectivity index (χ0) is 25.7. The van der Waals surface area contributed by atoms with Gasteiger partial charge in [-0.15, -0.1) is 10.2 Å². The van der Waals surface area contributed by atoms with Gasteiger partial charge in [-0.05, 0) is 41.0 Å². The average molecular weight is 544 g/mol. The number of hydrogen-bond acceptors (Lipinski definition) is 6. The van der Waals surface area contributed by atoms with Crippen LogP contribution in [0, 0.1) is 0 Å². The summed E-state index contributed by atoms with van der Waals surface area (Å²) in [6.45, 7) is 1.48. The van der Waals surface area contributed by atoms with E-state index in [2.05, 4.69) is 20.1 Å². The lowest BCUT2D eigenvalue weighted by atomic mass is 10.1. The first-order valence-electron chi connectivity index (χ1n) is 11.2. The molecule has 4 aromatic rings. The number of Topliss-reactive ketones (excluding diaryl/α,β-unsaturated/α-hetero) is 1. The van der Waals surface area contributed by atoms with E-state index in [0.29, 0.717) is 27.0 Å². The van der Waals surface area contributed by atoms with Crippen molar-refractivity contribution in [1.29, 1.82) is 0 Å². The highest BCUT2D eigenvalue weighted by atomic mass is 35.5. The molecule has 1 aromatic heterocycles. The molecule has 36 heavy (non-hydrogen) atoms. The third-order valence-corrected chi connectivity index (χ3v) is 7.78. The first-order valence-corrected chi connectivity index (χ1v) is 13.4. The second kappa shape index (κ2) is 11.3. The third-order valence-electron chi connectivity index (χ3n) is 5.54. The highest BCUT2D eigenvalue weighted by molar-refractivity contribution is 7.89. The van der Waals surface area contributed by atoms with Gasteiger partial charge in [-0.25, -0.2) is 13.1 Å². The number of carbonyl (C=O) groups excluding carboxylic acids is 1. The van der Waals surface area contributed by atoms with E-state index >= 15 is 0 Å². The molecule has 1 heterocycles. The number of sulfonamides is 1. The molecule has 8 nitrogen and oxygen atoms in total. The summed E-state index contributed by atoms with van der Waals surface area (Å²) in [5, 5.41) is 13.1. The van der Waals surface area contributed by atoms with E-state index in [1.807, 2.05) is 30.3 Å². The van der Waals surface area contributed by atoms with Crippen molar-refractivity contribution in [3.8, 4) is 11.1 Å². The molecule has 0 aliphatic carbocycles. The Morgan fingerprint density at radius 2 is 1.64 bits per heavy atom. The summed E-state index contributed by atoms with van der Waals surface area (Å²) < 4.78 is 29.1. The summed E-state index contributed by atoms with van der Waals surface area (Å²) in [6.07, 6.45) is 0.495. The number of ketones is 1. The SMILES string of the molecule is CCC(NS(=O)(=O)c1ccccc1-c1ccccc1)C(=O)Cn1nnc(Cc2c(Cl)cccc2Cl)n1. The van der Waals surface area contributed by atoms with Crippen molar-refractivity contribution in [2.24, 2.45) is 0 Å². The van der Waals surface area contributed by atoms with Crippen molar-refractivity contribution in [2.75, 3.05) is 0 Å². The first kappa shape index (κ1) is 26.0. The minimum absolute atomic E-state index is 0.0974. The van der Waals surface area contributed by atoms with E-state index in [1.54, 1.807) is 43.3 Å². The number of nitrogens with zero attached hydrogens (tertiary/aromatic N) is 4. The normalized spacial score (nSPS) is 12.4. The third kappa shape index (κ3) is 5.99. The Morgan fingerprint density at radius 1 is 0.972 bits per heavy atom. The van der Waals surface area contributed by atoms with Gasteiger partial charge in [0.2, 0.25) is 10.0 Å². The van der Waals surface area contributed by atoms with Gasteiger partial charge in [0.15, 0.2) is 11.6 Å². The number of nitrogens with one attached hydrogen (secondary N) is 1. The molecule has 0 radical (unpaired) electrons. The molecule has 0 fully saturated rings. The number of halogens is 2. The predicted molar refractivity (Wildman–Crippen MR) is 138 cm³/mol. The van der Waals surface area contributed by atoms with Crippen LogP contribution in [0.25, 0.3) is 11.1 Å². The smallest absolute Gasteiger partial charge is 0.241 e. The molecule has 4 rings (SSSR count). The largest absolute Gasteiger partial charge is 0.296 e. The Bertz CT molecular complexity index is 1460. The summed E-state index contributed by atoms with van der Waals surface area (Å²) in [5.74, 6) is -0.0544. The summed E-state index contributed by atoms with van der Waals surface area (Å²) in [6, 6.07) is 20.1. The van der Waals surface area contributed by atoms with Crippen LogP contribution in [0.5, 0.6) is 0 Å². The monoisotopic (exact) mass is 543 g/mol. The molecule has 1 unspecified atom stereocenters. The highest BCUT2D eigenvalue weighted by Crippen LogP contribution is 2.28. The summed E-state index contributed by atoms with van der Waals surface area (Å²) in [5.41, 5.74) is 1.97. The molecule has 0 spiro atoms. The first-order chi connectivity index (χ1) is 17.3. The number of hydrogen-bond donors (Lipinski definition) is 1. The lowest BCUT2D eigenvalue weighted by molar-refractivity contribution is -0.121. The lowest BCUT2D eigenvalue weighted by Gasteiger charge is -2.17. The van der Waals surface area contributed by atoms with Gasteiger partial charge in [0.25, 0.3) is 0 Å². The fraction of sp³-hybridized carbons (Fsp3) is 0.200. The van der Waals surface area contributed by atoms with E-state index in [-0.39, 0.29) is 24.3 Å². The quantitative estimate of drug-likeness (QED) is 0.314. The number of aromatic nitrogens is 4. The van der Waals surface area contributed by atoms with E-state index in [9.17, 15) is 13.2 Å². The second-order valence-electron chi connectivity index (χ2n) is 8.02. The Kier molecular flexibility index (Phi) is 8.15. The predicted octanol–water partition coefficient (Wildman–Crippen LogP) is 4.56. The van der Waals surface area contributed by atoms with Crippen LogP contribution in [0.2, 0.25) is 10.0 Å². The van der Waals surface area contributed by atoms with E-state index < -0.39 is 21.8 Å². The molecule has 0 aliphatic heterocycles. The van der Waals surface area contributed by atoms with Crippen LogP contribution >= 0.6 is 23.2 Å². The van der Waals surface area contributed by atoms with Crippen molar-refractivity contribution >= 4 is 39.0 Å². The molecule has 0 saturated carbocycles. The van der Waals surface area contributed by atoms with E-state index in [0.717, 1.165) is 10.4 Å². The van der Waals surface area contributed by atoms with Gasteiger partial charge in [0.05, 0.1) is 10.9 Å². The Hall–Kier alpha value is -3.11. The standard InChI is InChI=1S/C25H23Cl2N5O3S/c1-2-22(30-36(34,35)24-14-7-6-11-18(24)17-9-4-3-5-10-17)23(33)16-32-29-25(28-31-32)15-19-20(26)12-8-13-21(19)27/h3-14,22,30H,2,15-16H2,1H3. The number of rotatable bonds is 10. The van der Waals surface area contributed by atoms with Crippen LogP contribution in [0.1, 0.15) is 24.7 Å². The molecule has 0 amide bonds. The van der Waals surface area contributed by atoms with Gasteiger partial charge in [-0.1, -0.05) is 84.7 Å². The van der Waals surface area contributed by atoms with Gasteiger partial charge in [0.1, 0.15) is 6.54 Å². The number of benzene rings is 3. The van der Waals surface area contributed by atoms with Crippen molar-refractivity contribution < 1.29 is 13.2 Å². The van der Waals surface area contributed by atoms with Gasteiger partial charge in [-0.2, -0.15) is 4.80 Å². The molecule has 186 valence electrons. The average Bonchev–Trinajstić information content (AvgIpc) is 3.32. The fourth-order valence-electron chi connectivity index (χ4n) is 3.71. The van der Waals surface area contributed by atoms with Crippen molar-refractivity contribution in [3.05, 3.63) is 94.2 Å². The highest BCUT2D eigenvalue weighted by Gasteiger charge is 2.27. The lowest BCUT2D eigenvalue weighted by Crippen LogP contribution is -2.42. The molecule has 3 aromatic carbocycles. The molecular weight excluding hydrogens is 521 g/mol. The van der Waals surface area contributed by atoms with Gasteiger partial charge >= 0.3 is 0 Å². The maximum atomic E-state index is 13.3. The Morgan fingerprint density at radius 3 is 2.33 bits per heavy atom. The molecule has 1 N–H and O–H groups in total. The minimum Gasteiger partial charge on any atom is -0.296 e. The second-order valence-corrected chi connectivity index (χ2v) is 10.5. The maximum Gasteiger partial charge on any atom is 0.241 e. The summed E-state index contributed by atoms with van der Waals surface area (Å²) in [7, 11) is -4.00. The van der Waals surface area contributed by atoms with E-state index in [4.69, 9.17) is 23.2 Å². The van der Waals surface area contributed by atoms with Crippen molar-refractivity contribution in [2.45, 2.75) is 37.2 Å². The van der Waals surface area contributed by atoms with Crippen LogP contribution in [0.3, 0.4) is 0 Å². The zero-order valence-electron chi connectivity index (χ0n) is 19.3. The van der Waals surface area contributed by atoms with Crippen LogP contribution in [-0.4, -0.2) is 40.5 Å². The molecular formula is C25H23Cl2N5O3S. The number of carbonyl (C=O) groups is 1. The van der Waals surface area contributed by atoms with Gasteiger partial charge in [-0.3, -0.25) is 4.79 Å². The molecule has 1 atom stereocenters. The summed E-state index contributed by atoms with van der Waals surface area (Å²) >= 11 is 12.4. The summed E-state index contributed by atoms with van der Waals surface area (Å²) in [4.78, 5) is 14.2. The van der Waals surface area contributed by atoms with Gasteiger partial charge in [0, 0.05) is 22.0 Å². The topological polar surface area (TPSA) is 107 Å².